The number of hydrogen-bond donors (Lipinski definition) is 2. The topological polar surface area (TPSA) is 89.6 Å². The van der Waals surface area contributed by atoms with Crippen LogP contribution in [0.1, 0.15) is 5.56 Å². The van der Waals surface area contributed by atoms with Crippen LogP contribution in [0.5, 0.6) is 0 Å². The Bertz CT molecular complexity index is 622. The third kappa shape index (κ3) is 3.50. The fourth-order valence-electron chi connectivity index (χ4n) is 1.46. The minimum Gasteiger partial charge on any atom is -0.396 e. The van der Waals surface area contributed by atoms with Crippen LogP contribution in [0.4, 0.5) is 23.0 Å². The van der Waals surface area contributed by atoms with Crippen LogP contribution in [-0.2, 0) is 0 Å². The monoisotopic (exact) mass is 365 g/mol. The fourth-order valence-corrected chi connectivity index (χ4v) is 1.72. The van der Waals surface area contributed by atoms with Gasteiger partial charge in [-0.15, -0.1) is 0 Å². The second-order valence-electron chi connectivity index (χ2n) is 3.70. The van der Waals surface area contributed by atoms with E-state index in [2.05, 4.69) is 15.0 Å². The van der Waals surface area contributed by atoms with Gasteiger partial charge in [0.15, 0.2) is 11.6 Å². The van der Waals surface area contributed by atoms with E-state index in [1.165, 1.54) is 0 Å². The van der Waals surface area contributed by atoms with E-state index in [-0.39, 0.29) is 0 Å². The Balaban J connectivity index is 2.31. The maximum atomic E-state index is 5.84. The quantitative estimate of drug-likeness (QED) is 0.647. The van der Waals surface area contributed by atoms with Gasteiger partial charge in [0.05, 0.1) is 9.91 Å². The van der Waals surface area contributed by atoms with Crippen molar-refractivity contribution in [1.29, 1.82) is 0 Å². The summed E-state index contributed by atoms with van der Waals surface area (Å²) in [5, 5.41) is 0. The Morgan fingerprint density at radius 1 is 1.11 bits per heavy atom. The molecule has 2 rings (SSSR count). The van der Waals surface area contributed by atoms with Gasteiger partial charge in [-0.25, -0.2) is 9.98 Å². The molecule has 0 aliphatic rings. The second-order valence-corrected chi connectivity index (χ2v) is 4.26. The Hall–Kier alpha value is -1.96. The van der Waals surface area contributed by atoms with Crippen LogP contribution in [0.3, 0.4) is 0 Å². The molecule has 0 radical (unpaired) electrons. The molecular formula is C13H12IN5. The van der Waals surface area contributed by atoms with E-state index in [1.54, 1.807) is 16.5 Å². The van der Waals surface area contributed by atoms with E-state index in [1.807, 2.05) is 52.9 Å². The fraction of sp³-hybridized carbons (Fsp3) is 0. The molecule has 0 amide bonds. The van der Waals surface area contributed by atoms with E-state index in [0.29, 0.717) is 23.0 Å². The summed E-state index contributed by atoms with van der Waals surface area (Å²) in [7, 11) is 0. The molecule has 0 saturated carbocycles. The van der Waals surface area contributed by atoms with Gasteiger partial charge in [-0.05, 0) is 34.2 Å². The maximum Gasteiger partial charge on any atom is 0.178 e. The zero-order valence-electron chi connectivity index (χ0n) is 9.99. The van der Waals surface area contributed by atoms with Crippen LogP contribution in [-0.4, -0.2) is 15.4 Å². The summed E-state index contributed by atoms with van der Waals surface area (Å²) >= 11 is 1.99. The lowest BCUT2D eigenvalue weighted by Gasteiger charge is -2.03. The molecule has 0 atom stereocenters. The van der Waals surface area contributed by atoms with Crippen molar-refractivity contribution in [2.24, 2.45) is 9.98 Å². The average Bonchev–Trinajstić information content (AvgIpc) is 2.42. The summed E-state index contributed by atoms with van der Waals surface area (Å²) in [4.78, 5) is 12.4. The lowest BCUT2D eigenvalue weighted by Crippen LogP contribution is -1.95. The molecule has 0 spiro atoms. The van der Waals surface area contributed by atoms with Gasteiger partial charge in [-0.1, -0.05) is 30.3 Å². The summed E-state index contributed by atoms with van der Waals surface area (Å²) in [5.74, 6) is 0.712. The van der Waals surface area contributed by atoms with Crippen LogP contribution in [0, 0.1) is 0 Å². The number of benzene rings is 1. The summed E-state index contributed by atoms with van der Waals surface area (Å²) in [6.07, 6.45) is 1.72. The summed E-state index contributed by atoms with van der Waals surface area (Å²) in [6.45, 7) is 0. The molecule has 4 N–H and O–H groups in total. The van der Waals surface area contributed by atoms with Gasteiger partial charge in [0.1, 0.15) is 5.69 Å². The lowest BCUT2D eigenvalue weighted by molar-refractivity contribution is 1.28. The van der Waals surface area contributed by atoms with E-state index in [4.69, 9.17) is 11.5 Å². The molecule has 19 heavy (non-hydrogen) atoms. The second kappa shape index (κ2) is 6.28. The van der Waals surface area contributed by atoms with Gasteiger partial charge >= 0.3 is 0 Å². The van der Waals surface area contributed by atoms with Gasteiger partial charge < -0.3 is 11.5 Å². The predicted molar refractivity (Wildman–Crippen MR) is 88.9 cm³/mol. The standard InChI is InChI=1S/C13H12IN5/c14-8-18-13-10(15)6-11(12(16)19-13)17-7-9-4-2-1-3-5-9/h1-8H,15H2,(H2,16,19)/b17-7+,18-8+. The minimum atomic E-state index is 0.304. The molecule has 0 bridgehead atoms. The highest BCUT2D eigenvalue weighted by atomic mass is 127. The van der Waals surface area contributed by atoms with Crippen molar-refractivity contribution >= 4 is 56.0 Å². The third-order valence-electron chi connectivity index (χ3n) is 2.36. The maximum absolute atomic E-state index is 5.84. The molecule has 6 heteroatoms. The van der Waals surface area contributed by atoms with Crippen molar-refractivity contribution in [3.8, 4) is 0 Å². The number of nitrogens with zero attached hydrogens (tertiary/aromatic N) is 3. The van der Waals surface area contributed by atoms with Crippen LogP contribution in [0.25, 0.3) is 0 Å². The number of nitrogen functional groups attached to an aromatic ring is 2. The number of rotatable bonds is 3. The van der Waals surface area contributed by atoms with Gasteiger partial charge in [-0.3, -0.25) is 4.99 Å². The van der Waals surface area contributed by atoms with E-state index < -0.39 is 0 Å². The first-order valence-electron chi connectivity index (χ1n) is 5.48. The molecule has 1 heterocycles. The summed E-state index contributed by atoms with van der Waals surface area (Å²) in [6, 6.07) is 11.4. The van der Waals surface area contributed by atoms with Gasteiger partial charge in [0.2, 0.25) is 0 Å². The molecular weight excluding hydrogens is 353 g/mol. The van der Waals surface area contributed by atoms with Crippen molar-refractivity contribution in [1.82, 2.24) is 4.98 Å². The number of halogens is 1. The molecule has 2 aromatic rings. The molecule has 0 fully saturated rings. The van der Waals surface area contributed by atoms with Crippen molar-refractivity contribution in [3.05, 3.63) is 42.0 Å². The molecule has 5 nitrogen and oxygen atoms in total. The van der Waals surface area contributed by atoms with Crippen molar-refractivity contribution in [2.75, 3.05) is 11.5 Å². The van der Waals surface area contributed by atoms with Crippen molar-refractivity contribution < 1.29 is 0 Å². The van der Waals surface area contributed by atoms with Crippen LogP contribution >= 0.6 is 22.6 Å². The smallest absolute Gasteiger partial charge is 0.178 e. The van der Waals surface area contributed by atoms with Gasteiger partial charge in [0, 0.05) is 6.21 Å². The highest BCUT2D eigenvalue weighted by molar-refractivity contribution is 14.1. The van der Waals surface area contributed by atoms with Crippen molar-refractivity contribution in [2.45, 2.75) is 0 Å². The highest BCUT2D eigenvalue weighted by Gasteiger charge is 2.05. The summed E-state index contributed by atoms with van der Waals surface area (Å²) in [5.41, 5.74) is 13.6. The van der Waals surface area contributed by atoms with Crippen molar-refractivity contribution in [3.63, 3.8) is 0 Å². The third-order valence-corrected chi connectivity index (χ3v) is 2.64. The Morgan fingerprint density at radius 2 is 1.84 bits per heavy atom. The Labute approximate surface area is 124 Å². The zero-order chi connectivity index (χ0) is 13.7. The number of anilines is 2. The predicted octanol–water partition coefficient (Wildman–Crippen LogP) is 3.09. The first-order valence-corrected chi connectivity index (χ1v) is 6.73. The molecule has 96 valence electrons. The number of nitrogens with two attached hydrogens (primary N) is 2. The van der Waals surface area contributed by atoms with Crippen LogP contribution in [0.15, 0.2) is 46.4 Å². The van der Waals surface area contributed by atoms with E-state index >= 15 is 0 Å². The van der Waals surface area contributed by atoms with Gasteiger partial charge in [0.25, 0.3) is 0 Å². The molecule has 0 saturated heterocycles. The molecule has 0 aliphatic heterocycles. The van der Waals surface area contributed by atoms with E-state index in [0.717, 1.165) is 5.56 Å². The normalized spacial score (nSPS) is 11.4. The Kier molecular flexibility index (Phi) is 4.45. The largest absolute Gasteiger partial charge is 0.396 e. The van der Waals surface area contributed by atoms with E-state index in [9.17, 15) is 0 Å². The zero-order valence-corrected chi connectivity index (χ0v) is 12.2. The lowest BCUT2D eigenvalue weighted by atomic mass is 10.2. The minimum absolute atomic E-state index is 0.304. The van der Waals surface area contributed by atoms with Crippen LogP contribution in [0.2, 0.25) is 0 Å². The number of hydrogen-bond acceptors (Lipinski definition) is 5. The van der Waals surface area contributed by atoms with Crippen LogP contribution < -0.4 is 11.5 Å². The SMILES string of the molecule is Nc1cc(/N=C/c2ccccc2)c(N)nc1/N=C/I. The number of pyridine rings is 1. The summed E-state index contributed by atoms with van der Waals surface area (Å²) < 4.78 is 1.59. The average molecular weight is 365 g/mol. The molecule has 0 aliphatic carbocycles. The number of aromatic nitrogens is 1. The highest BCUT2D eigenvalue weighted by Crippen LogP contribution is 2.29. The molecule has 0 unspecified atom stereocenters. The Morgan fingerprint density at radius 3 is 2.53 bits per heavy atom. The van der Waals surface area contributed by atoms with Gasteiger partial charge in [-0.2, -0.15) is 0 Å². The first kappa shape index (κ1) is 13.5. The molecule has 1 aromatic carbocycles. The first-order chi connectivity index (χ1) is 9.20. The molecule has 1 aromatic heterocycles. The number of aliphatic imine (C=N–C) groups is 2.